The lowest BCUT2D eigenvalue weighted by atomic mass is 10.3. The Morgan fingerprint density at radius 3 is 2.80 bits per heavy atom. The standard InChI is InChI=1S/C15H11Cl3N4O2S/c1-24-12-3-2-8(16)5-11(12)19-13(23)7-25-15-21-20-14-10(18)4-9(17)6-22(14)15/h2-6H,7H2,1H3,(H,19,23). The average Bonchev–Trinajstić information content (AvgIpc) is 2.96. The van der Waals surface area contributed by atoms with Gasteiger partial charge in [0.2, 0.25) is 5.91 Å². The Hall–Kier alpha value is -1.67. The monoisotopic (exact) mass is 416 g/mol. The first kappa shape index (κ1) is 18.1. The van der Waals surface area contributed by atoms with E-state index in [0.717, 1.165) is 0 Å². The number of rotatable bonds is 5. The Bertz CT molecular complexity index is 948. The number of carbonyl (C=O) groups is 1. The lowest BCUT2D eigenvalue weighted by Gasteiger charge is -2.10. The number of hydrogen-bond acceptors (Lipinski definition) is 5. The van der Waals surface area contributed by atoms with Gasteiger partial charge in [0.15, 0.2) is 10.8 Å². The molecule has 130 valence electrons. The van der Waals surface area contributed by atoms with Crippen molar-refractivity contribution in [2.24, 2.45) is 0 Å². The quantitative estimate of drug-likeness (QED) is 0.622. The normalized spacial score (nSPS) is 10.9. The number of fused-ring (bicyclic) bond motifs is 1. The highest BCUT2D eigenvalue weighted by molar-refractivity contribution is 7.99. The molecular weight excluding hydrogens is 407 g/mol. The third kappa shape index (κ3) is 4.12. The molecule has 3 aromatic rings. The van der Waals surface area contributed by atoms with Crippen molar-refractivity contribution < 1.29 is 9.53 Å². The van der Waals surface area contributed by atoms with Gasteiger partial charge in [-0.05, 0) is 24.3 Å². The third-order valence-electron chi connectivity index (χ3n) is 3.16. The van der Waals surface area contributed by atoms with Crippen LogP contribution in [-0.4, -0.2) is 33.4 Å². The number of aromatic nitrogens is 3. The first-order valence-electron chi connectivity index (χ1n) is 6.94. The first-order valence-corrected chi connectivity index (χ1v) is 9.06. The van der Waals surface area contributed by atoms with Crippen LogP contribution in [0.2, 0.25) is 15.1 Å². The maximum absolute atomic E-state index is 12.2. The van der Waals surface area contributed by atoms with Crippen LogP contribution < -0.4 is 10.1 Å². The summed E-state index contributed by atoms with van der Waals surface area (Å²) in [4.78, 5) is 12.2. The minimum absolute atomic E-state index is 0.112. The number of carbonyl (C=O) groups excluding carboxylic acids is 1. The molecule has 0 aliphatic carbocycles. The largest absolute Gasteiger partial charge is 0.495 e. The van der Waals surface area contributed by atoms with E-state index in [1.807, 2.05) is 0 Å². The van der Waals surface area contributed by atoms with Gasteiger partial charge < -0.3 is 10.1 Å². The van der Waals surface area contributed by atoms with Crippen LogP contribution in [0.4, 0.5) is 5.69 Å². The molecule has 0 bridgehead atoms. The van der Waals surface area contributed by atoms with E-state index in [1.165, 1.54) is 18.9 Å². The number of benzene rings is 1. The predicted molar refractivity (Wildman–Crippen MR) is 100 cm³/mol. The molecule has 0 aliphatic rings. The zero-order chi connectivity index (χ0) is 18.0. The van der Waals surface area contributed by atoms with Gasteiger partial charge in [-0.1, -0.05) is 46.6 Å². The van der Waals surface area contributed by atoms with Crippen LogP contribution in [0.15, 0.2) is 35.6 Å². The number of thioether (sulfide) groups is 1. The molecule has 0 aliphatic heterocycles. The van der Waals surface area contributed by atoms with E-state index in [2.05, 4.69) is 15.5 Å². The van der Waals surface area contributed by atoms with Crippen molar-refractivity contribution in [3.05, 3.63) is 45.5 Å². The molecule has 25 heavy (non-hydrogen) atoms. The van der Waals surface area contributed by atoms with Gasteiger partial charge in [0.25, 0.3) is 0 Å². The number of amides is 1. The van der Waals surface area contributed by atoms with Crippen molar-refractivity contribution in [3.63, 3.8) is 0 Å². The number of anilines is 1. The fourth-order valence-corrected chi connectivity index (χ4v) is 3.49. The van der Waals surface area contributed by atoms with Crippen molar-refractivity contribution >= 4 is 63.8 Å². The summed E-state index contributed by atoms with van der Waals surface area (Å²) < 4.78 is 6.84. The number of methoxy groups -OCH3 is 1. The number of nitrogens with one attached hydrogen (secondary N) is 1. The van der Waals surface area contributed by atoms with Gasteiger partial charge in [0.1, 0.15) is 5.75 Å². The van der Waals surface area contributed by atoms with Crippen molar-refractivity contribution in [2.75, 3.05) is 18.2 Å². The zero-order valence-electron chi connectivity index (χ0n) is 12.8. The Kier molecular flexibility index (Phi) is 5.58. The topological polar surface area (TPSA) is 68.5 Å². The molecule has 3 rings (SSSR count). The summed E-state index contributed by atoms with van der Waals surface area (Å²) in [5.41, 5.74) is 0.975. The van der Waals surface area contributed by atoms with Gasteiger partial charge in [0.05, 0.1) is 28.6 Å². The highest BCUT2D eigenvalue weighted by Gasteiger charge is 2.13. The van der Waals surface area contributed by atoms with Gasteiger partial charge in [-0.15, -0.1) is 10.2 Å². The van der Waals surface area contributed by atoms with Crippen molar-refractivity contribution in [1.29, 1.82) is 0 Å². The number of pyridine rings is 1. The van der Waals surface area contributed by atoms with Crippen LogP contribution in [-0.2, 0) is 4.79 Å². The summed E-state index contributed by atoms with van der Waals surface area (Å²) in [5, 5.41) is 12.6. The summed E-state index contributed by atoms with van der Waals surface area (Å²) in [7, 11) is 1.52. The minimum Gasteiger partial charge on any atom is -0.495 e. The maximum Gasteiger partial charge on any atom is 0.234 e. The van der Waals surface area contributed by atoms with Crippen LogP contribution in [0.5, 0.6) is 5.75 Å². The molecule has 0 saturated heterocycles. The van der Waals surface area contributed by atoms with Gasteiger partial charge in [-0.25, -0.2) is 0 Å². The second-order valence-electron chi connectivity index (χ2n) is 4.86. The number of halogens is 3. The molecule has 1 aromatic carbocycles. The first-order chi connectivity index (χ1) is 12.0. The SMILES string of the molecule is COc1ccc(Cl)cc1NC(=O)CSc1nnc2c(Cl)cc(Cl)cn12. The lowest BCUT2D eigenvalue weighted by molar-refractivity contribution is -0.113. The average molecular weight is 418 g/mol. The molecule has 0 radical (unpaired) electrons. The van der Waals surface area contributed by atoms with Gasteiger partial charge in [-0.2, -0.15) is 0 Å². The Labute approximate surface area is 162 Å². The van der Waals surface area contributed by atoms with E-state index in [-0.39, 0.29) is 11.7 Å². The van der Waals surface area contributed by atoms with E-state index in [0.29, 0.717) is 37.3 Å². The molecule has 1 N–H and O–H groups in total. The van der Waals surface area contributed by atoms with Crippen molar-refractivity contribution in [3.8, 4) is 5.75 Å². The van der Waals surface area contributed by atoms with E-state index in [9.17, 15) is 4.79 Å². The molecular formula is C15H11Cl3N4O2S. The second-order valence-corrected chi connectivity index (χ2v) is 7.09. The summed E-state index contributed by atoms with van der Waals surface area (Å²) >= 11 is 19.2. The maximum atomic E-state index is 12.2. The van der Waals surface area contributed by atoms with Gasteiger partial charge in [0, 0.05) is 11.2 Å². The van der Waals surface area contributed by atoms with Crippen LogP contribution in [0.3, 0.4) is 0 Å². The van der Waals surface area contributed by atoms with E-state index < -0.39 is 0 Å². The highest BCUT2D eigenvalue weighted by atomic mass is 35.5. The van der Waals surface area contributed by atoms with E-state index in [4.69, 9.17) is 39.5 Å². The second kappa shape index (κ2) is 7.70. The van der Waals surface area contributed by atoms with Crippen LogP contribution >= 0.6 is 46.6 Å². The van der Waals surface area contributed by atoms with Gasteiger partial charge >= 0.3 is 0 Å². The van der Waals surface area contributed by atoms with Crippen molar-refractivity contribution in [1.82, 2.24) is 14.6 Å². The molecule has 0 spiro atoms. The predicted octanol–water partition coefficient (Wildman–Crippen LogP) is 4.43. The molecule has 0 saturated carbocycles. The zero-order valence-corrected chi connectivity index (χ0v) is 15.9. The molecule has 2 heterocycles. The van der Waals surface area contributed by atoms with E-state index >= 15 is 0 Å². The molecule has 1 amide bonds. The summed E-state index contributed by atoms with van der Waals surface area (Å²) in [6.45, 7) is 0. The Morgan fingerprint density at radius 1 is 1.24 bits per heavy atom. The fraction of sp³-hybridized carbons (Fsp3) is 0.133. The molecule has 2 aromatic heterocycles. The van der Waals surface area contributed by atoms with Gasteiger partial charge in [-0.3, -0.25) is 9.20 Å². The molecule has 0 fully saturated rings. The van der Waals surface area contributed by atoms with Crippen molar-refractivity contribution in [2.45, 2.75) is 5.16 Å². The number of hydrogen-bond donors (Lipinski definition) is 1. The van der Waals surface area contributed by atoms with Crippen LogP contribution in [0.1, 0.15) is 0 Å². The molecule has 10 heteroatoms. The number of nitrogens with zero attached hydrogens (tertiary/aromatic N) is 3. The molecule has 0 atom stereocenters. The third-order valence-corrected chi connectivity index (χ3v) is 4.83. The highest BCUT2D eigenvalue weighted by Crippen LogP contribution is 2.29. The van der Waals surface area contributed by atoms with E-state index in [1.54, 1.807) is 34.9 Å². The summed E-state index contributed by atoms with van der Waals surface area (Å²) in [6, 6.07) is 6.57. The summed E-state index contributed by atoms with van der Waals surface area (Å²) in [5.74, 6) is 0.394. The Balaban J connectivity index is 1.72. The summed E-state index contributed by atoms with van der Waals surface area (Å²) in [6.07, 6.45) is 1.64. The Morgan fingerprint density at radius 2 is 2.04 bits per heavy atom. The minimum atomic E-state index is -0.240. The van der Waals surface area contributed by atoms with Crippen LogP contribution in [0, 0.1) is 0 Å². The fourth-order valence-electron chi connectivity index (χ4n) is 2.10. The lowest BCUT2D eigenvalue weighted by Crippen LogP contribution is -2.15. The molecule has 6 nitrogen and oxygen atoms in total. The smallest absolute Gasteiger partial charge is 0.234 e. The van der Waals surface area contributed by atoms with Crippen LogP contribution in [0.25, 0.3) is 5.65 Å². The number of ether oxygens (including phenoxy) is 1. The molecule has 0 unspecified atom stereocenters.